The molecule has 2 nitrogen and oxygen atoms in total. The van der Waals surface area contributed by atoms with Crippen LogP contribution < -0.4 is 0 Å². The second-order valence-electron chi connectivity index (χ2n) is 12.6. The Morgan fingerprint density at radius 2 is 1.17 bits per heavy atom. The average Bonchev–Trinajstić information content (AvgIpc) is 3.53. The fourth-order valence-corrected chi connectivity index (χ4v) is 6.83. The zero-order valence-corrected chi connectivity index (χ0v) is 24.4. The minimum atomic E-state index is 0.100. The van der Waals surface area contributed by atoms with Gasteiger partial charge in [0.2, 0.25) is 0 Å². The molecule has 0 saturated heterocycles. The number of fused-ring (bicyclic) bond motifs is 6. The van der Waals surface area contributed by atoms with E-state index in [9.17, 15) is 0 Å². The van der Waals surface area contributed by atoms with Gasteiger partial charge in [0, 0.05) is 38.8 Å². The summed E-state index contributed by atoms with van der Waals surface area (Å²) in [6.07, 6.45) is 6.76. The van der Waals surface area contributed by atoms with E-state index in [0.29, 0.717) is 0 Å². The Morgan fingerprint density at radius 1 is 0.548 bits per heavy atom. The Balaban J connectivity index is 1.28. The van der Waals surface area contributed by atoms with Gasteiger partial charge in [0.25, 0.3) is 0 Å². The Morgan fingerprint density at radius 3 is 1.88 bits per heavy atom. The van der Waals surface area contributed by atoms with E-state index in [0.717, 1.165) is 12.8 Å². The van der Waals surface area contributed by atoms with Gasteiger partial charge < -0.3 is 9.13 Å². The maximum Gasteiger partial charge on any atom is 0.0541 e. The van der Waals surface area contributed by atoms with Crippen molar-refractivity contribution in [3.8, 4) is 22.5 Å². The van der Waals surface area contributed by atoms with Gasteiger partial charge >= 0.3 is 0 Å². The largest absolute Gasteiger partial charge is 0.313 e. The van der Waals surface area contributed by atoms with E-state index in [1.54, 1.807) is 0 Å². The van der Waals surface area contributed by atoms with Crippen molar-refractivity contribution in [2.24, 2.45) is 0 Å². The van der Waals surface area contributed by atoms with Crippen LogP contribution >= 0.6 is 0 Å². The van der Waals surface area contributed by atoms with Crippen molar-refractivity contribution in [3.05, 3.63) is 138 Å². The molecule has 204 valence electrons. The molecule has 1 aliphatic rings. The summed E-state index contributed by atoms with van der Waals surface area (Å²) in [6.45, 7) is 6.86. The van der Waals surface area contributed by atoms with E-state index in [1.807, 2.05) is 0 Å². The predicted octanol–water partition coefficient (Wildman–Crippen LogP) is 10.7. The van der Waals surface area contributed by atoms with Gasteiger partial charge in [-0.25, -0.2) is 0 Å². The fraction of sp³-hybridized carbons (Fsp3) is 0.150. The van der Waals surface area contributed by atoms with Crippen LogP contribution in [0.1, 0.15) is 44.0 Å². The highest BCUT2D eigenvalue weighted by molar-refractivity contribution is 6.09. The molecule has 0 spiro atoms. The summed E-state index contributed by atoms with van der Waals surface area (Å²) >= 11 is 0. The number of nitrogens with zero attached hydrogens (tertiary/aromatic N) is 2. The molecule has 2 heterocycles. The Kier molecular flexibility index (Phi) is 5.55. The van der Waals surface area contributed by atoms with Crippen molar-refractivity contribution < 1.29 is 0 Å². The molecule has 0 saturated carbocycles. The number of hydrogen-bond donors (Lipinski definition) is 0. The Bertz CT molecular complexity index is 2180. The van der Waals surface area contributed by atoms with Crippen LogP contribution in [0.4, 0.5) is 0 Å². The summed E-state index contributed by atoms with van der Waals surface area (Å²) in [5, 5.41) is 3.94. The van der Waals surface area contributed by atoms with Crippen LogP contribution in [-0.2, 0) is 11.8 Å². The molecule has 0 amide bonds. The molecular formula is C40H34N2. The molecule has 5 aromatic carbocycles. The Labute approximate surface area is 247 Å². The summed E-state index contributed by atoms with van der Waals surface area (Å²) in [7, 11) is 0. The van der Waals surface area contributed by atoms with Crippen LogP contribution in [0, 0.1) is 0 Å². The lowest BCUT2D eigenvalue weighted by Gasteiger charge is -2.19. The third-order valence-electron chi connectivity index (χ3n) is 8.93. The van der Waals surface area contributed by atoms with Crippen molar-refractivity contribution >= 4 is 38.8 Å². The van der Waals surface area contributed by atoms with E-state index >= 15 is 0 Å². The van der Waals surface area contributed by atoms with Crippen molar-refractivity contribution in [3.63, 3.8) is 0 Å². The average molecular weight is 543 g/mol. The van der Waals surface area contributed by atoms with Crippen molar-refractivity contribution in [1.29, 1.82) is 0 Å². The molecule has 0 fully saturated rings. The predicted molar refractivity (Wildman–Crippen MR) is 179 cm³/mol. The van der Waals surface area contributed by atoms with Gasteiger partial charge in [-0.15, -0.1) is 0 Å². The molecule has 0 aliphatic heterocycles. The minimum Gasteiger partial charge on any atom is -0.313 e. The minimum absolute atomic E-state index is 0.100. The van der Waals surface area contributed by atoms with Gasteiger partial charge in [-0.1, -0.05) is 99.7 Å². The molecule has 0 N–H and O–H groups in total. The van der Waals surface area contributed by atoms with E-state index in [4.69, 9.17) is 0 Å². The molecular weight excluding hydrogens is 508 g/mol. The van der Waals surface area contributed by atoms with Gasteiger partial charge in [-0.2, -0.15) is 0 Å². The highest BCUT2D eigenvalue weighted by atomic mass is 15.0. The lowest BCUT2D eigenvalue weighted by atomic mass is 9.86. The van der Waals surface area contributed by atoms with E-state index in [-0.39, 0.29) is 5.41 Å². The molecule has 2 heteroatoms. The summed E-state index contributed by atoms with van der Waals surface area (Å²) in [4.78, 5) is 0. The first-order valence-electron chi connectivity index (χ1n) is 15.0. The number of para-hydroxylation sites is 2. The van der Waals surface area contributed by atoms with Crippen LogP contribution in [0.3, 0.4) is 0 Å². The zero-order chi connectivity index (χ0) is 28.4. The second kappa shape index (κ2) is 9.36. The van der Waals surface area contributed by atoms with Gasteiger partial charge in [0.1, 0.15) is 0 Å². The molecule has 8 rings (SSSR count). The zero-order valence-electron chi connectivity index (χ0n) is 24.4. The number of benzene rings is 5. The summed E-state index contributed by atoms with van der Waals surface area (Å²) < 4.78 is 4.90. The van der Waals surface area contributed by atoms with Crippen LogP contribution in [-0.4, -0.2) is 9.13 Å². The first kappa shape index (κ1) is 24.9. The van der Waals surface area contributed by atoms with Crippen molar-refractivity contribution in [1.82, 2.24) is 9.13 Å². The van der Waals surface area contributed by atoms with Crippen molar-refractivity contribution in [2.75, 3.05) is 0 Å². The second-order valence-corrected chi connectivity index (χ2v) is 12.6. The molecule has 42 heavy (non-hydrogen) atoms. The van der Waals surface area contributed by atoms with E-state index < -0.39 is 0 Å². The lowest BCUT2D eigenvalue weighted by molar-refractivity contribution is 0.591. The standard InChI is InChI=1S/C40H34N2/c1-40(2,3)29-22-23-39-35(26-29)34-18-6-9-21-38(34)42(39)31-15-11-13-28(25-31)27-12-10-14-30(24-27)41-36-19-7-4-16-32(36)33-17-5-8-20-37(33)41/h4-7,9-19,21-26H,8,20H2,1-3H3. The quantitative estimate of drug-likeness (QED) is 0.210. The number of allylic oxidation sites excluding steroid dienone is 1. The summed E-state index contributed by atoms with van der Waals surface area (Å²) in [6, 6.07) is 42.6. The lowest BCUT2D eigenvalue weighted by Crippen LogP contribution is -2.10. The SMILES string of the molecule is CC(C)(C)c1ccc2c(c1)c1ccccc1n2-c1cccc(-c2cccc(-n3c4c(c5ccccc53)C=CCC4)c2)c1. The molecule has 0 atom stereocenters. The monoisotopic (exact) mass is 542 g/mol. The number of rotatable bonds is 3. The third-order valence-corrected chi connectivity index (χ3v) is 8.93. The summed E-state index contributed by atoms with van der Waals surface area (Å²) in [5.74, 6) is 0. The molecule has 1 aliphatic carbocycles. The maximum absolute atomic E-state index is 2.47. The van der Waals surface area contributed by atoms with E-state index in [2.05, 4.69) is 157 Å². The molecule has 2 aromatic heterocycles. The van der Waals surface area contributed by atoms with Gasteiger partial charge in [0.15, 0.2) is 0 Å². The van der Waals surface area contributed by atoms with E-state index in [1.165, 1.54) is 72.0 Å². The number of aromatic nitrogens is 2. The smallest absolute Gasteiger partial charge is 0.0541 e. The first-order valence-corrected chi connectivity index (χ1v) is 15.0. The molecule has 0 unspecified atom stereocenters. The summed E-state index contributed by atoms with van der Waals surface area (Å²) in [5.41, 5.74) is 12.8. The molecule has 7 aromatic rings. The first-order chi connectivity index (χ1) is 20.5. The fourth-order valence-electron chi connectivity index (χ4n) is 6.83. The van der Waals surface area contributed by atoms with Gasteiger partial charge in [-0.3, -0.25) is 0 Å². The van der Waals surface area contributed by atoms with Crippen LogP contribution in [0.15, 0.2) is 121 Å². The topological polar surface area (TPSA) is 9.86 Å². The van der Waals surface area contributed by atoms with Crippen molar-refractivity contribution in [2.45, 2.75) is 39.0 Å². The molecule has 0 bridgehead atoms. The maximum atomic E-state index is 2.47. The van der Waals surface area contributed by atoms with Gasteiger partial charge in [-0.05, 0) is 83.5 Å². The number of hydrogen-bond acceptors (Lipinski definition) is 0. The highest BCUT2D eigenvalue weighted by Gasteiger charge is 2.20. The normalized spacial score (nSPS) is 13.3. The molecule has 0 radical (unpaired) electrons. The van der Waals surface area contributed by atoms with Crippen LogP contribution in [0.25, 0.3) is 61.3 Å². The van der Waals surface area contributed by atoms with Gasteiger partial charge in [0.05, 0.1) is 16.6 Å². The highest BCUT2D eigenvalue weighted by Crippen LogP contribution is 2.37. The van der Waals surface area contributed by atoms with Crippen LogP contribution in [0.5, 0.6) is 0 Å². The van der Waals surface area contributed by atoms with Crippen LogP contribution in [0.2, 0.25) is 0 Å². The third kappa shape index (κ3) is 3.86. The Hall–Kier alpha value is -4.82.